The molecule has 35 heavy (non-hydrogen) atoms. The molecular weight excluding hydrogens is 455 g/mol. The first-order valence-electron chi connectivity index (χ1n) is 11.9. The number of amides is 1. The highest BCUT2D eigenvalue weighted by atomic mass is 19.4. The van der Waals surface area contributed by atoms with E-state index in [9.17, 15) is 18.0 Å². The Morgan fingerprint density at radius 2 is 1.97 bits per heavy atom. The molecule has 2 aromatic carbocycles. The van der Waals surface area contributed by atoms with E-state index in [4.69, 9.17) is 10.00 Å². The van der Waals surface area contributed by atoms with Crippen LogP contribution in [0.3, 0.4) is 0 Å². The van der Waals surface area contributed by atoms with Crippen molar-refractivity contribution in [1.82, 2.24) is 4.90 Å². The zero-order valence-electron chi connectivity index (χ0n) is 20.3. The fourth-order valence-electron chi connectivity index (χ4n) is 5.50. The minimum absolute atomic E-state index is 0.0166. The number of hydrogen-bond donors (Lipinski definition) is 0. The lowest BCUT2D eigenvalue weighted by Crippen LogP contribution is -2.49. The van der Waals surface area contributed by atoms with Crippen molar-refractivity contribution < 1.29 is 22.7 Å². The molecule has 2 heterocycles. The number of hydrogen-bond acceptors (Lipinski definition) is 4. The molecule has 8 heteroatoms. The first-order valence-corrected chi connectivity index (χ1v) is 11.9. The van der Waals surface area contributed by atoms with Crippen LogP contribution in [0.1, 0.15) is 46.0 Å². The van der Waals surface area contributed by atoms with E-state index in [2.05, 4.69) is 0 Å². The van der Waals surface area contributed by atoms with Gasteiger partial charge in [0, 0.05) is 55.4 Å². The van der Waals surface area contributed by atoms with Crippen molar-refractivity contribution in [3.63, 3.8) is 0 Å². The highest BCUT2D eigenvalue weighted by molar-refractivity contribution is 5.96. The summed E-state index contributed by atoms with van der Waals surface area (Å²) in [4.78, 5) is 17.3. The number of aryl methyl sites for hydroxylation is 2. The molecule has 2 atom stereocenters. The van der Waals surface area contributed by atoms with Gasteiger partial charge in [0.05, 0.1) is 23.8 Å². The average molecular weight is 486 g/mol. The van der Waals surface area contributed by atoms with Gasteiger partial charge in [-0.25, -0.2) is 0 Å². The molecule has 2 aliphatic heterocycles. The van der Waals surface area contributed by atoms with Gasteiger partial charge in [-0.3, -0.25) is 4.79 Å². The second kappa shape index (κ2) is 9.54. The lowest BCUT2D eigenvalue weighted by Gasteiger charge is -2.44. The number of ether oxygens (including phenoxy) is 1. The van der Waals surface area contributed by atoms with E-state index in [0.717, 1.165) is 17.2 Å². The fourth-order valence-corrected chi connectivity index (χ4v) is 5.50. The molecule has 2 fully saturated rings. The van der Waals surface area contributed by atoms with Crippen LogP contribution in [0.25, 0.3) is 0 Å². The van der Waals surface area contributed by atoms with Crippen molar-refractivity contribution in [2.45, 2.75) is 33.4 Å². The maximum Gasteiger partial charge on any atom is 0.417 e. The molecule has 5 nitrogen and oxygen atoms in total. The number of carbonyl (C=O) groups is 1. The van der Waals surface area contributed by atoms with Crippen molar-refractivity contribution in [2.24, 2.45) is 11.3 Å². The second-order valence-electron chi connectivity index (χ2n) is 9.74. The smallest absolute Gasteiger partial charge is 0.381 e. The van der Waals surface area contributed by atoms with Gasteiger partial charge in [-0.15, -0.1) is 0 Å². The van der Waals surface area contributed by atoms with Crippen LogP contribution in [-0.2, 0) is 10.9 Å². The number of benzene rings is 2. The number of anilines is 1. The summed E-state index contributed by atoms with van der Waals surface area (Å²) in [7, 11) is 0. The Hall–Kier alpha value is -3.05. The summed E-state index contributed by atoms with van der Waals surface area (Å²) in [6.45, 7) is 9.11. The first-order chi connectivity index (χ1) is 16.6. The molecule has 0 N–H and O–H groups in total. The van der Waals surface area contributed by atoms with Gasteiger partial charge >= 0.3 is 6.18 Å². The number of fused-ring (bicyclic) bond motifs is 1. The van der Waals surface area contributed by atoms with Gasteiger partial charge in [-0.1, -0.05) is 17.7 Å². The summed E-state index contributed by atoms with van der Waals surface area (Å²) in [5.41, 5.74) is 1.62. The number of nitrogens with zero attached hydrogens (tertiary/aromatic N) is 3. The Labute approximate surface area is 204 Å². The summed E-state index contributed by atoms with van der Waals surface area (Å²) in [5.74, 6) is 0.0412. The van der Waals surface area contributed by atoms with Crippen LogP contribution in [0.2, 0.25) is 0 Å². The number of nitriles is 1. The van der Waals surface area contributed by atoms with Crippen LogP contribution in [0.5, 0.6) is 0 Å². The molecular formula is C27H30F3N3O2. The van der Waals surface area contributed by atoms with E-state index < -0.39 is 11.7 Å². The van der Waals surface area contributed by atoms with E-state index >= 15 is 0 Å². The van der Waals surface area contributed by atoms with Crippen molar-refractivity contribution in [1.29, 1.82) is 5.26 Å². The summed E-state index contributed by atoms with van der Waals surface area (Å²) < 4.78 is 46.4. The van der Waals surface area contributed by atoms with Crippen LogP contribution in [-0.4, -0.2) is 50.2 Å². The molecule has 186 valence electrons. The van der Waals surface area contributed by atoms with E-state index in [1.807, 2.05) is 48.8 Å². The van der Waals surface area contributed by atoms with Gasteiger partial charge in [0.25, 0.3) is 5.91 Å². The maximum atomic E-state index is 13.5. The molecule has 1 amide bonds. The average Bonchev–Trinajstić information content (AvgIpc) is 3.20. The number of carbonyl (C=O) groups excluding carboxylic acids is 1. The van der Waals surface area contributed by atoms with Crippen LogP contribution >= 0.6 is 0 Å². The van der Waals surface area contributed by atoms with E-state index in [1.54, 1.807) is 12.1 Å². The zero-order valence-corrected chi connectivity index (χ0v) is 20.3. The van der Waals surface area contributed by atoms with Gasteiger partial charge in [0.2, 0.25) is 0 Å². The Bertz CT molecular complexity index is 1160. The van der Waals surface area contributed by atoms with Crippen LogP contribution < -0.4 is 4.90 Å². The molecule has 0 radical (unpaired) electrons. The van der Waals surface area contributed by atoms with Crippen molar-refractivity contribution in [2.75, 3.05) is 44.3 Å². The number of likely N-dealkylation sites (tertiary alicyclic amines) is 1. The molecule has 0 saturated carbocycles. The standard InChI is InChI=1S/C27H30F3N3O2/c1-4-35-17-26-9-10-32(22-7-6-20(13-31)24(12-22)27(28,29)30)14-21(26)15-33(16-26)25(34)23-8-5-18(2)11-19(23)3/h5-8,11-12,21H,4,9-10,14-17H2,1-3H3. The Morgan fingerprint density at radius 3 is 2.63 bits per heavy atom. The summed E-state index contributed by atoms with van der Waals surface area (Å²) in [6, 6.07) is 11.3. The van der Waals surface area contributed by atoms with Gasteiger partial charge in [-0.05, 0) is 57.0 Å². The van der Waals surface area contributed by atoms with Crippen LogP contribution in [0.15, 0.2) is 36.4 Å². The van der Waals surface area contributed by atoms with Crippen LogP contribution in [0.4, 0.5) is 18.9 Å². The lowest BCUT2D eigenvalue weighted by atomic mass is 9.73. The van der Waals surface area contributed by atoms with Crippen molar-refractivity contribution >= 4 is 11.6 Å². The third-order valence-corrected chi connectivity index (χ3v) is 7.42. The number of alkyl halides is 3. The van der Waals surface area contributed by atoms with Gasteiger partial charge in [0.15, 0.2) is 0 Å². The van der Waals surface area contributed by atoms with Gasteiger partial charge < -0.3 is 14.5 Å². The summed E-state index contributed by atoms with van der Waals surface area (Å²) in [5, 5.41) is 9.12. The molecule has 2 unspecified atom stereocenters. The van der Waals surface area contributed by atoms with E-state index in [1.165, 1.54) is 6.07 Å². The minimum atomic E-state index is -4.60. The zero-order chi connectivity index (χ0) is 25.4. The predicted octanol–water partition coefficient (Wildman–Crippen LogP) is 5.20. The minimum Gasteiger partial charge on any atom is -0.381 e. The third-order valence-electron chi connectivity index (χ3n) is 7.42. The highest BCUT2D eigenvalue weighted by Crippen LogP contribution is 2.45. The maximum absolute atomic E-state index is 13.5. The Morgan fingerprint density at radius 1 is 1.20 bits per heavy atom. The van der Waals surface area contributed by atoms with Crippen molar-refractivity contribution in [3.8, 4) is 6.07 Å². The monoisotopic (exact) mass is 485 g/mol. The molecule has 0 spiro atoms. The molecule has 4 rings (SSSR count). The van der Waals surface area contributed by atoms with Crippen molar-refractivity contribution in [3.05, 3.63) is 64.2 Å². The third kappa shape index (κ3) is 4.87. The fraction of sp³-hybridized carbons (Fsp3) is 0.481. The largest absolute Gasteiger partial charge is 0.417 e. The normalized spacial score (nSPS) is 22.1. The molecule has 2 aliphatic rings. The number of rotatable bonds is 5. The highest BCUT2D eigenvalue weighted by Gasteiger charge is 2.51. The van der Waals surface area contributed by atoms with E-state index in [0.29, 0.717) is 57.1 Å². The topological polar surface area (TPSA) is 56.6 Å². The lowest BCUT2D eigenvalue weighted by molar-refractivity contribution is -0.137. The van der Waals surface area contributed by atoms with E-state index in [-0.39, 0.29) is 22.8 Å². The summed E-state index contributed by atoms with van der Waals surface area (Å²) in [6.07, 6.45) is -3.90. The first kappa shape index (κ1) is 25.1. The van der Waals surface area contributed by atoms with Crippen LogP contribution in [0, 0.1) is 36.5 Å². The molecule has 2 saturated heterocycles. The molecule has 2 aromatic rings. The number of halogens is 3. The Kier molecular flexibility index (Phi) is 6.83. The SMILES string of the molecule is CCOCC12CCN(c3ccc(C#N)c(C(F)(F)F)c3)CC1CN(C(=O)c1ccc(C)cc1C)C2. The Balaban J connectivity index is 1.60. The second-order valence-corrected chi connectivity index (χ2v) is 9.74. The summed E-state index contributed by atoms with van der Waals surface area (Å²) >= 11 is 0. The molecule has 0 bridgehead atoms. The quantitative estimate of drug-likeness (QED) is 0.584. The molecule has 0 aromatic heterocycles. The van der Waals surface area contributed by atoms with Gasteiger partial charge in [0.1, 0.15) is 0 Å². The predicted molar refractivity (Wildman–Crippen MR) is 127 cm³/mol. The molecule has 0 aliphatic carbocycles. The van der Waals surface area contributed by atoms with Gasteiger partial charge in [-0.2, -0.15) is 18.4 Å². The number of piperidine rings is 1.